The number of amides is 1. The first-order valence-corrected chi connectivity index (χ1v) is 9.44. The van der Waals surface area contributed by atoms with Gasteiger partial charge in [-0.05, 0) is 36.4 Å². The number of ether oxygens (including phenoxy) is 1. The normalized spacial score (nSPS) is 14.3. The lowest BCUT2D eigenvalue weighted by molar-refractivity contribution is 0.0747. The highest BCUT2D eigenvalue weighted by Gasteiger charge is 2.23. The quantitative estimate of drug-likeness (QED) is 0.703. The number of carbonyl (C=O) groups is 1. The van der Waals surface area contributed by atoms with Gasteiger partial charge in [-0.15, -0.1) is 11.3 Å². The van der Waals surface area contributed by atoms with Gasteiger partial charge in [-0.3, -0.25) is 4.79 Å². The third-order valence-electron chi connectivity index (χ3n) is 4.34. The van der Waals surface area contributed by atoms with Gasteiger partial charge in [-0.2, -0.15) is 0 Å². The van der Waals surface area contributed by atoms with E-state index in [1.807, 2.05) is 71.1 Å². The van der Waals surface area contributed by atoms with Crippen LogP contribution in [0.2, 0.25) is 0 Å². The van der Waals surface area contributed by atoms with Crippen LogP contribution >= 0.6 is 11.3 Å². The highest BCUT2D eigenvalue weighted by molar-refractivity contribution is 7.13. The Bertz CT molecular complexity index is 843. The van der Waals surface area contributed by atoms with E-state index in [0.717, 1.165) is 29.7 Å². The lowest BCUT2D eigenvalue weighted by Gasteiger charge is -2.34. The predicted molar refractivity (Wildman–Crippen MR) is 103 cm³/mol. The molecule has 26 heavy (non-hydrogen) atoms. The molecule has 1 saturated heterocycles. The Kier molecular flexibility index (Phi) is 4.84. The van der Waals surface area contributed by atoms with Crippen molar-refractivity contribution in [3.8, 4) is 11.5 Å². The SMILES string of the molecule is O=C(c1ccc(Oc2ccccc2)cc1)N1CCN(c2nccs2)CC1. The fourth-order valence-corrected chi connectivity index (χ4v) is 3.64. The van der Waals surface area contributed by atoms with E-state index in [-0.39, 0.29) is 5.91 Å². The van der Waals surface area contributed by atoms with Crippen LogP contribution in [-0.2, 0) is 0 Å². The van der Waals surface area contributed by atoms with Crippen molar-refractivity contribution in [2.24, 2.45) is 0 Å². The number of rotatable bonds is 4. The van der Waals surface area contributed by atoms with E-state index < -0.39 is 0 Å². The fourth-order valence-electron chi connectivity index (χ4n) is 2.95. The maximum atomic E-state index is 12.7. The predicted octanol–water partition coefficient (Wildman–Crippen LogP) is 3.90. The van der Waals surface area contributed by atoms with E-state index in [1.54, 1.807) is 11.3 Å². The number of benzene rings is 2. The second-order valence-corrected chi connectivity index (χ2v) is 6.91. The number of thiazole rings is 1. The summed E-state index contributed by atoms with van der Waals surface area (Å²) in [6.07, 6.45) is 1.82. The zero-order valence-corrected chi connectivity index (χ0v) is 15.1. The maximum Gasteiger partial charge on any atom is 0.253 e. The summed E-state index contributed by atoms with van der Waals surface area (Å²) >= 11 is 1.64. The molecule has 132 valence electrons. The smallest absolute Gasteiger partial charge is 0.253 e. The van der Waals surface area contributed by atoms with Crippen molar-refractivity contribution in [2.45, 2.75) is 0 Å². The molecule has 1 aliphatic heterocycles. The number of anilines is 1. The van der Waals surface area contributed by atoms with Gasteiger partial charge in [0, 0.05) is 43.3 Å². The minimum atomic E-state index is 0.0649. The summed E-state index contributed by atoms with van der Waals surface area (Å²) in [6.45, 7) is 3.05. The van der Waals surface area contributed by atoms with Crippen molar-refractivity contribution < 1.29 is 9.53 Å². The summed E-state index contributed by atoms with van der Waals surface area (Å²) in [7, 11) is 0. The molecule has 0 unspecified atom stereocenters. The molecule has 0 aliphatic carbocycles. The van der Waals surface area contributed by atoms with Gasteiger partial charge >= 0.3 is 0 Å². The second kappa shape index (κ2) is 7.58. The zero-order valence-electron chi connectivity index (χ0n) is 14.2. The number of hydrogen-bond acceptors (Lipinski definition) is 5. The first-order valence-electron chi connectivity index (χ1n) is 8.56. The minimum absolute atomic E-state index is 0.0649. The lowest BCUT2D eigenvalue weighted by Crippen LogP contribution is -2.48. The highest BCUT2D eigenvalue weighted by Crippen LogP contribution is 2.23. The van der Waals surface area contributed by atoms with Gasteiger partial charge in [0.2, 0.25) is 0 Å². The molecule has 1 fully saturated rings. The molecule has 1 aromatic heterocycles. The van der Waals surface area contributed by atoms with Crippen molar-refractivity contribution in [3.05, 3.63) is 71.7 Å². The second-order valence-electron chi connectivity index (χ2n) is 6.03. The Labute approximate surface area is 156 Å². The van der Waals surface area contributed by atoms with Crippen molar-refractivity contribution in [3.63, 3.8) is 0 Å². The molecule has 0 atom stereocenters. The average Bonchev–Trinajstić information content (AvgIpc) is 3.24. The van der Waals surface area contributed by atoms with Gasteiger partial charge in [0.15, 0.2) is 5.13 Å². The molecule has 2 aromatic carbocycles. The molecule has 0 spiro atoms. The number of nitrogens with zero attached hydrogens (tertiary/aromatic N) is 3. The van der Waals surface area contributed by atoms with E-state index in [4.69, 9.17) is 4.74 Å². The Balaban J connectivity index is 1.36. The van der Waals surface area contributed by atoms with Crippen LogP contribution in [-0.4, -0.2) is 42.0 Å². The van der Waals surface area contributed by atoms with Crippen LogP contribution in [0.5, 0.6) is 11.5 Å². The molecular weight excluding hydrogens is 346 g/mol. The Morgan fingerprint density at radius 2 is 1.62 bits per heavy atom. The summed E-state index contributed by atoms with van der Waals surface area (Å²) in [5.74, 6) is 1.57. The van der Waals surface area contributed by atoms with Crippen LogP contribution in [0.1, 0.15) is 10.4 Å². The van der Waals surface area contributed by atoms with E-state index in [2.05, 4.69) is 9.88 Å². The molecule has 2 heterocycles. The topological polar surface area (TPSA) is 45.7 Å². The van der Waals surface area contributed by atoms with Crippen LogP contribution in [0.15, 0.2) is 66.2 Å². The number of hydrogen-bond donors (Lipinski definition) is 0. The third kappa shape index (κ3) is 3.70. The average molecular weight is 365 g/mol. The van der Waals surface area contributed by atoms with Crippen LogP contribution in [0, 0.1) is 0 Å². The van der Waals surface area contributed by atoms with E-state index in [9.17, 15) is 4.79 Å². The number of carbonyl (C=O) groups excluding carboxylic acids is 1. The number of para-hydroxylation sites is 1. The standard InChI is InChI=1S/C20H19N3O2S/c24-19(22-11-13-23(14-12-22)20-21-10-15-26-20)16-6-8-18(9-7-16)25-17-4-2-1-3-5-17/h1-10,15H,11-14H2. The number of piperazine rings is 1. The first-order chi connectivity index (χ1) is 12.8. The molecule has 5 nitrogen and oxygen atoms in total. The van der Waals surface area contributed by atoms with E-state index in [0.29, 0.717) is 18.7 Å². The van der Waals surface area contributed by atoms with Crippen LogP contribution < -0.4 is 9.64 Å². The van der Waals surface area contributed by atoms with Crippen molar-refractivity contribution >= 4 is 22.4 Å². The van der Waals surface area contributed by atoms with Gasteiger partial charge in [-0.25, -0.2) is 4.98 Å². The summed E-state index contributed by atoms with van der Waals surface area (Å²) in [4.78, 5) is 21.2. The Hall–Kier alpha value is -2.86. The summed E-state index contributed by atoms with van der Waals surface area (Å²) < 4.78 is 5.78. The molecule has 1 amide bonds. The van der Waals surface area contributed by atoms with E-state index in [1.165, 1.54) is 0 Å². The molecule has 0 bridgehead atoms. The van der Waals surface area contributed by atoms with Gasteiger partial charge in [0.25, 0.3) is 5.91 Å². The molecule has 3 aromatic rings. The van der Waals surface area contributed by atoms with Crippen molar-refractivity contribution in [2.75, 3.05) is 31.1 Å². The summed E-state index contributed by atoms with van der Waals surface area (Å²) in [5, 5.41) is 3.01. The van der Waals surface area contributed by atoms with Gasteiger partial charge in [0.1, 0.15) is 11.5 Å². The van der Waals surface area contributed by atoms with Gasteiger partial charge < -0.3 is 14.5 Å². The molecule has 4 rings (SSSR count). The van der Waals surface area contributed by atoms with E-state index >= 15 is 0 Å². The Morgan fingerprint density at radius 3 is 2.27 bits per heavy atom. The maximum absolute atomic E-state index is 12.7. The molecule has 1 aliphatic rings. The summed E-state index contributed by atoms with van der Waals surface area (Å²) in [5.41, 5.74) is 0.688. The molecule has 0 N–H and O–H groups in total. The Morgan fingerprint density at radius 1 is 0.923 bits per heavy atom. The van der Waals surface area contributed by atoms with Crippen LogP contribution in [0.25, 0.3) is 0 Å². The lowest BCUT2D eigenvalue weighted by atomic mass is 10.1. The van der Waals surface area contributed by atoms with Crippen molar-refractivity contribution in [1.29, 1.82) is 0 Å². The first kappa shape index (κ1) is 16.6. The van der Waals surface area contributed by atoms with Gasteiger partial charge in [-0.1, -0.05) is 18.2 Å². The summed E-state index contributed by atoms with van der Waals surface area (Å²) in [6, 6.07) is 16.9. The molecule has 0 saturated carbocycles. The highest BCUT2D eigenvalue weighted by atomic mass is 32.1. The fraction of sp³-hybridized carbons (Fsp3) is 0.200. The van der Waals surface area contributed by atoms with Crippen LogP contribution in [0.3, 0.4) is 0 Å². The third-order valence-corrected chi connectivity index (χ3v) is 5.17. The monoisotopic (exact) mass is 365 g/mol. The molecule has 0 radical (unpaired) electrons. The molecule has 6 heteroatoms. The van der Waals surface area contributed by atoms with Gasteiger partial charge in [0.05, 0.1) is 0 Å². The van der Waals surface area contributed by atoms with Crippen molar-refractivity contribution in [1.82, 2.24) is 9.88 Å². The largest absolute Gasteiger partial charge is 0.457 e. The number of aromatic nitrogens is 1. The zero-order chi connectivity index (χ0) is 17.8. The molecular formula is C20H19N3O2S. The minimum Gasteiger partial charge on any atom is -0.457 e. The van der Waals surface area contributed by atoms with Crippen LogP contribution in [0.4, 0.5) is 5.13 Å².